The minimum Gasteiger partial charge on any atom is -0.456 e. The summed E-state index contributed by atoms with van der Waals surface area (Å²) in [5.41, 5.74) is 4.63. The number of nitrogen functional groups attached to an aromatic ring is 1. The quantitative estimate of drug-likeness (QED) is 0.146. The van der Waals surface area contributed by atoms with Gasteiger partial charge in [0.25, 0.3) is 0 Å². The minimum atomic E-state index is -4.49. The number of nitrogens with two attached hydrogens (primary N) is 1. The number of ether oxygens (including phenoxy) is 2. The second-order valence-corrected chi connectivity index (χ2v) is 9.63. The predicted molar refractivity (Wildman–Crippen MR) is 153 cm³/mol. The van der Waals surface area contributed by atoms with Crippen LogP contribution in [0.5, 0.6) is 23.0 Å². The Hall–Kier alpha value is -4.00. The highest BCUT2D eigenvalue weighted by atomic mass is 35.5. The van der Waals surface area contributed by atoms with Gasteiger partial charge in [-0.1, -0.05) is 40.9 Å². The third-order valence-electron chi connectivity index (χ3n) is 5.25. The maximum Gasteiger partial charge on any atom is 0.416 e. The van der Waals surface area contributed by atoms with E-state index in [-0.39, 0.29) is 38.0 Å². The molecule has 0 aliphatic carbocycles. The highest BCUT2D eigenvalue weighted by Crippen LogP contribution is 2.38. The molecule has 228 valence electrons. The molecule has 15 heteroatoms. The Kier molecular flexibility index (Phi) is 10.9. The van der Waals surface area contributed by atoms with Crippen molar-refractivity contribution in [2.24, 2.45) is 0 Å². The Morgan fingerprint density at radius 2 is 1.21 bits per heavy atom. The van der Waals surface area contributed by atoms with Crippen molar-refractivity contribution in [2.75, 3.05) is 18.1 Å². The topological polar surface area (TPSA) is 85.6 Å². The van der Waals surface area contributed by atoms with Crippen LogP contribution in [0.15, 0.2) is 78.9 Å². The van der Waals surface area contributed by atoms with Crippen LogP contribution in [0.1, 0.15) is 11.1 Å². The molecule has 0 radical (unpaired) electrons. The number of anilines is 2. The fourth-order valence-electron chi connectivity index (χ4n) is 3.20. The summed E-state index contributed by atoms with van der Waals surface area (Å²) < 4.78 is 86.1. The number of amides is 2. The molecule has 0 aromatic heterocycles. The summed E-state index contributed by atoms with van der Waals surface area (Å²) in [6, 6.07) is 16.1. The van der Waals surface area contributed by atoms with Crippen LogP contribution in [-0.4, -0.2) is 13.1 Å². The van der Waals surface area contributed by atoms with Gasteiger partial charge in [-0.3, -0.25) is 0 Å². The van der Waals surface area contributed by atoms with Crippen LogP contribution in [0, 0.1) is 0 Å². The first kappa shape index (κ1) is 33.5. The van der Waals surface area contributed by atoms with E-state index in [0.717, 1.165) is 30.3 Å². The van der Waals surface area contributed by atoms with E-state index in [4.69, 9.17) is 50.0 Å². The molecule has 0 spiro atoms. The van der Waals surface area contributed by atoms with Crippen molar-refractivity contribution in [1.82, 2.24) is 5.32 Å². The first-order chi connectivity index (χ1) is 20.1. The van der Waals surface area contributed by atoms with Crippen molar-refractivity contribution < 1.29 is 40.6 Å². The van der Waals surface area contributed by atoms with Crippen LogP contribution in [0.2, 0.25) is 15.1 Å². The van der Waals surface area contributed by atoms with Gasteiger partial charge in [-0.25, -0.2) is 4.79 Å². The number of halogens is 9. The molecule has 4 N–H and O–H groups in total. The molecule has 0 atom stereocenters. The summed E-state index contributed by atoms with van der Waals surface area (Å²) in [6.07, 6.45) is -8.92. The Labute approximate surface area is 256 Å². The summed E-state index contributed by atoms with van der Waals surface area (Å²) in [5, 5.41) is 4.81. The number of carbonyl (C=O) groups excluding carboxylic acids is 1. The van der Waals surface area contributed by atoms with Crippen molar-refractivity contribution in [3.8, 4) is 23.0 Å². The molecule has 43 heavy (non-hydrogen) atoms. The standard InChI is InChI=1S/C15H11Cl2F3N2O2.C13H9ClF3NO/c1-21-14(23)22-12-7-9(3-4-10(12)16)24-13-5-2-8(6-11(13)17)15(18,19)20;14-11-6-8(13(15,16)17)4-5-12(11)19-10-3-1-2-9(18)7-10/h2-7H,1H3,(H2,21,22,23);1-7H,18H2. The molecule has 0 fully saturated rings. The van der Waals surface area contributed by atoms with Gasteiger partial charge in [0.1, 0.15) is 23.0 Å². The number of benzene rings is 4. The molecule has 4 aromatic carbocycles. The molecular formula is C28H20Cl3F6N3O3. The van der Waals surface area contributed by atoms with Crippen molar-refractivity contribution in [3.63, 3.8) is 0 Å². The second-order valence-electron chi connectivity index (χ2n) is 8.41. The molecule has 0 aliphatic heterocycles. The lowest BCUT2D eigenvalue weighted by Crippen LogP contribution is -2.24. The van der Waals surface area contributed by atoms with E-state index in [1.54, 1.807) is 24.3 Å². The van der Waals surface area contributed by atoms with Gasteiger partial charge in [0.2, 0.25) is 0 Å². The Morgan fingerprint density at radius 3 is 1.65 bits per heavy atom. The van der Waals surface area contributed by atoms with Crippen molar-refractivity contribution in [1.29, 1.82) is 0 Å². The number of hydrogen-bond donors (Lipinski definition) is 3. The second kappa shape index (κ2) is 14.0. The lowest BCUT2D eigenvalue weighted by Gasteiger charge is -2.13. The van der Waals surface area contributed by atoms with Gasteiger partial charge in [0, 0.05) is 24.9 Å². The molecule has 0 aliphatic rings. The third-order valence-corrected chi connectivity index (χ3v) is 6.17. The third kappa shape index (κ3) is 9.77. The smallest absolute Gasteiger partial charge is 0.416 e. The van der Waals surface area contributed by atoms with E-state index in [1.165, 1.54) is 31.3 Å². The minimum absolute atomic E-state index is 0.0397. The maximum absolute atomic E-state index is 12.6. The largest absolute Gasteiger partial charge is 0.456 e. The molecule has 4 aromatic rings. The zero-order valence-corrected chi connectivity index (χ0v) is 24.0. The average Bonchev–Trinajstić information content (AvgIpc) is 2.92. The molecule has 0 heterocycles. The number of alkyl halides is 6. The van der Waals surface area contributed by atoms with Gasteiger partial charge in [-0.05, 0) is 60.7 Å². The SMILES string of the molecule is CNC(=O)Nc1cc(Oc2ccc(C(F)(F)F)cc2Cl)ccc1Cl.Nc1cccc(Oc2ccc(C(F)(F)F)cc2Cl)c1. The molecular weight excluding hydrogens is 647 g/mol. The fraction of sp³-hybridized carbons (Fsp3) is 0.107. The summed E-state index contributed by atoms with van der Waals surface area (Å²) in [7, 11) is 1.44. The zero-order chi connectivity index (χ0) is 31.9. The summed E-state index contributed by atoms with van der Waals surface area (Å²) >= 11 is 17.6. The van der Waals surface area contributed by atoms with E-state index in [2.05, 4.69) is 10.6 Å². The van der Waals surface area contributed by atoms with Crippen molar-refractivity contribution in [3.05, 3.63) is 105 Å². The van der Waals surface area contributed by atoms with Gasteiger partial charge in [0.05, 0.1) is 31.9 Å². The number of hydrogen-bond acceptors (Lipinski definition) is 4. The Morgan fingerprint density at radius 1 is 0.698 bits per heavy atom. The number of carbonyl (C=O) groups is 1. The first-order valence-corrected chi connectivity index (χ1v) is 12.9. The molecule has 4 rings (SSSR count). The highest BCUT2D eigenvalue weighted by Gasteiger charge is 2.32. The van der Waals surface area contributed by atoms with Gasteiger partial charge < -0.3 is 25.8 Å². The summed E-state index contributed by atoms with van der Waals surface area (Å²) in [5.74, 6) is 0.826. The average molecular weight is 667 g/mol. The maximum atomic E-state index is 12.6. The van der Waals surface area contributed by atoms with E-state index in [0.29, 0.717) is 11.4 Å². The first-order valence-electron chi connectivity index (χ1n) is 11.8. The van der Waals surface area contributed by atoms with Gasteiger partial charge in [-0.2, -0.15) is 26.3 Å². The Bertz CT molecular complexity index is 1600. The van der Waals surface area contributed by atoms with Gasteiger partial charge in [0.15, 0.2) is 0 Å². The summed E-state index contributed by atoms with van der Waals surface area (Å²) in [6.45, 7) is 0. The van der Waals surface area contributed by atoms with Crippen LogP contribution >= 0.6 is 34.8 Å². The molecule has 0 saturated carbocycles. The monoisotopic (exact) mass is 665 g/mol. The van der Waals surface area contributed by atoms with Crippen LogP contribution in [-0.2, 0) is 12.4 Å². The molecule has 2 amide bonds. The summed E-state index contributed by atoms with van der Waals surface area (Å²) in [4.78, 5) is 11.3. The number of nitrogens with one attached hydrogen (secondary N) is 2. The van der Waals surface area contributed by atoms with Crippen LogP contribution in [0.3, 0.4) is 0 Å². The van der Waals surface area contributed by atoms with Gasteiger partial charge in [-0.15, -0.1) is 0 Å². The van der Waals surface area contributed by atoms with Crippen LogP contribution < -0.4 is 25.8 Å². The lowest BCUT2D eigenvalue weighted by molar-refractivity contribution is -0.138. The Balaban J connectivity index is 0.000000242. The molecule has 0 unspecified atom stereocenters. The highest BCUT2D eigenvalue weighted by molar-refractivity contribution is 6.34. The van der Waals surface area contributed by atoms with Crippen LogP contribution in [0.25, 0.3) is 0 Å². The van der Waals surface area contributed by atoms with E-state index >= 15 is 0 Å². The van der Waals surface area contributed by atoms with E-state index in [9.17, 15) is 31.1 Å². The van der Waals surface area contributed by atoms with Crippen molar-refractivity contribution >= 4 is 52.2 Å². The van der Waals surface area contributed by atoms with Crippen LogP contribution in [0.4, 0.5) is 42.5 Å². The molecule has 6 nitrogen and oxygen atoms in total. The predicted octanol–water partition coefficient (Wildman–Crippen LogP) is 10.3. The van der Waals surface area contributed by atoms with Gasteiger partial charge >= 0.3 is 18.4 Å². The molecule has 0 saturated heterocycles. The number of urea groups is 1. The fourth-order valence-corrected chi connectivity index (χ4v) is 3.80. The number of rotatable bonds is 5. The molecule has 0 bridgehead atoms. The lowest BCUT2D eigenvalue weighted by atomic mass is 10.2. The normalized spacial score (nSPS) is 11.2. The van der Waals surface area contributed by atoms with E-state index < -0.39 is 29.5 Å². The van der Waals surface area contributed by atoms with E-state index in [1.807, 2.05) is 0 Å². The zero-order valence-electron chi connectivity index (χ0n) is 21.7. The van der Waals surface area contributed by atoms with Crippen molar-refractivity contribution in [2.45, 2.75) is 12.4 Å².